The number of nitrogens with zero attached hydrogens (tertiary/aromatic N) is 3. The van der Waals surface area contributed by atoms with Crippen molar-refractivity contribution in [2.75, 3.05) is 13.1 Å². The van der Waals surface area contributed by atoms with Crippen LogP contribution in [-0.4, -0.2) is 44.6 Å². The molecule has 2 N–H and O–H groups in total. The monoisotopic (exact) mass is 210 g/mol. The Labute approximate surface area is 87.3 Å². The van der Waals surface area contributed by atoms with Crippen LogP contribution >= 0.6 is 0 Å². The van der Waals surface area contributed by atoms with Crippen LogP contribution in [0.4, 0.5) is 4.79 Å². The van der Waals surface area contributed by atoms with E-state index in [-0.39, 0.29) is 0 Å². The number of aromatic amines is 1. The molecule has 15 heavy (non-hydrogen) atoms. The van der Waals surface area contributed by atoms with E-state index < -0.39 is 6.09 Å². The van der Waals surface area contributed by atoms with Crippen molar-refractivity contribution in [3.8, 4) is 0 Å². The van der Waals surface area contributed by atoms with Crippen molar-refractivity contribution >= 4 is 6.09 Å². The van der Waals surface area contributed by atoms with Crippen LogP contribution in [0.3, 0.4) is 0 Å². The summed E-state index contributed by atoms with van der Waals surface area (Å²) in [5.41, 5.74) is 1.91. The summed E-state index contributed by atoms with van der Waals surface area (Å²) in [6.45, 7) is 3.10. The molecule has 1 aromatic rings. The van der Waals surface area contributed by atoms with Crippen molar-refractivity contribution < 1.29 is 9.90 Å². The molecule has 1 saturated heterocycles. The maximum absolute atomic E-state index is 10.7. The lowest BCUT2D eigenvalue weighted by molar-refractivity contribution is 0.131. The van der Waals surface area contributed by atoms with Crippen LogP contribution in [0.1, 0.15) is 30.1 Å². The van der Waals surface area contributed by atoms with Gasteiger partial charge in [-0.05, 0) is 19.8 Å². The first-order valence-electron chi connectivity index (χ1n) is 5.03. The number of carboxylic acid groups (broad SMARTS) is 1. The maximum Gasteiger partial charge on any atom is 0.407 e. The van der Waals surface area contributed by atoms with Gasteiger partial charge in [0.15, 0.2) is 0 Å². The number of hydrogen-bond acceptors (Lipinski definition) is 3. The van der Waals surface area contributed by atoms with Crippen LogP contribution in [-0.2, 0) is 0 Å². The van der Waals surface area contributed by atoms with Crippen molar-refractivity contribution in [1.29, 1.82) is 0 Å². The van der Waals surface area contributed by atoms with E-state index >= 15 is 0 Å². The van der Waals surface area contributed by atoms with Crippen molar-refractivity contribution in [2.45, 2.75) is 25.7 Å². The van der Waals surface area contributed by atoms with E-state index in [0.29, 0.717) is 19.0 Å². The molecule has 0 spiro atoms. The van der Waals surface area contributed by atoms with Gasteiger partial charge in [0.05, 0.1) is 11.4 Å². The number of carbonyl (C=O) groups is 1. The van der Waals surface area contributed by atoms with Crippen molar-refractivity contribution in [3.05, 3.63) is 11.4 Å². The van der Waals surface area contributed by atoms with Crippen molar-refractivity contribution in [2.24, 2.45) is 0 Å². The van der Waals surface area contributed by atoms with Gasteiger partial charge in [0.1, 0.15) is 0 Å². The molecule has 1 aliphatic heterocycles. The number of hydrogen-bond donors (Lipinski definition) is 2. The molecule has 2 heterocycles. The quantitative estimate of drug-likeness (QED) is 0.723. The standard InChI is InChI=1S/C9H14N4O2/c1-6-8(11-12-10-6)7-2-4-13(5-3-7)9(14)15/h7H,2-5H2,1H3,(H,14,15)(H,10,11,12). The average molecular weight is 210 g/mol. The highest BCUT2D eigenvalue weighted by molar-refractivity contribution is 5.65. The second kappa shape index (κ2) is 3.88. The van der Waals surface area contributed by atoms with Crippen molar-refractivity contribution in [3.63, 3.8) is 0 Å². The van der Waals surface area contributed by atoms with E-state index in [9.17, 15) is 4.79 Å². The summed E-state index contributed by atoms with van der Waals surface area (Å²) in [4.78, 5) is 12.2. The topological polar surface area (TPSA) is 82.1 Å². The average Bonchev–Trinajstić information content (AvgIpc) is 2.65. The first-order valence-corrected chi connectivity index (χ1v) is 5.03. The fourth-order valence-corrected chi connectivity index (χ4v) is 2.02. The molecule has 2 rings (SSSR count). The van der Waals surface area contributed by atoms with Gasteiger partial charge >= 0.3 is 6.09 Å². The lowest BCUT2D eigenvalue weighted by Crippen LogP contribution is -2.37. The SMILES string of the molecule is Cc1n[nH]nc1C1CCN(C(=O)O)CC1. The molecule has 0 unspecified atom stereocenters. The molecule has 0 aromatic carbocycles. The van der Waals surface area contributed by atoms with Crippen molar-refractivity contribution in [1.82, 2.24) is 20.3 Å². The molecule has 0 radical (unpaired) electrons. The summed E-state index contributed by atoms with van der Waals surface area (Å²) < 4.78 is 0. The number of aryl methyl sites for hydroxylation is 1. The van der Waals surface area contributed by atoms with Gasteiger partial charge in [0.2, 0.25) is 0 Å². The second-order valence-corrected chi connectivity index (χ2v) is 3.84. The highest BCUT2D eigenvalue weighted by atomic mass is 16.4. The highest BCUT2D eigenvalue weighted by Gasteiger charge is 2.25. The number of amides is 1. The van der Waals surface area contributed by atoms with Gasteiger partial charge in [-0.25, -0.2) is 4.79 Å². The zero-order valence-electron chi connectivity index (χ0n) is 8.60. The predicted octanol–water partition coefficient (Wildman–Crippen LogP) is 0.971. The third-order valence-electron chi connectivity index (χ3n) is 2.91. The Bertz CT molecular complexity index is 355. The second-order valence-electron chi connectivity index (χ2n) is 3.84. The summed E-state index contributed by atoms with van der Waals surface area (Å²) in [6, 6.07) is 0. The van der Waals surface area contributed by atoms with Gasteiger partial charge in [0, 0.05) is 19.0 Å². The molecule has 1 amide bonds. The summed E-state index contributed by atoms with van der Waals surface area (Å²) in [5.74, 6) is 0.347. The molecule has 82 valence electrons. The molecular formula is C9H14N4O2. The molecule has 0 bridgehead atoms. The van der Waals surface area contributed by atoms with Gasteiger partial charge in [-0.2, -0.15) is 15.4 Å². The van der Waals surface area contributed by atoms with Crippen LogP contribution in [0.15, 0.2) is 0 Å². The highest BCUT2D eigenvalue weighted by Crippen LogP contribution is 2.27. The van der Waals surface area contributed by atoms with Crippen LogP contribution in [0.25, 0.3) is 0 Å². The summed E-state index contributed by atoms with van der Waals surface area (Å²) >= 11 is 0. The van der Waals surface area contributed by atoms with Gasteiger partial charge in [0.25, 0.3) is 0 Å². The molecule has 0 atom stereocenters. The van der Waals surface area contributed by atoms with Crippen LogP contribution in [0.2, 0.25) is 0 Å². The fourth-order valence-electron chi connectivity index (χ4n) is 2.02. The molecule has 1 fully saturated rings. The summed E-state index contributed by atoms with van der Waals surface area (Å²) in [6.07, 6.45) is 0.838. The van der Waals surface area contributed by atoms with E-state index in [2.05, 4.69) is 15.4 Å². The smallest absolute Gasteiger partial charge is 0.407 e. The molecule has 6 heteroatoms. The number of piperidine rings is 1. The first-order chi connectivity index (χ1) is 7.18. The van der Waals surface area contributed by atoms with Gasteiger partial charge in [-0.15, -0.1) is 0 Å². The first kappa shape index (κ1) is 9.95. The zero-order valence-corrected chi connectivity index (χ0v) is 8.60. The van der Waals surface area contributed by atoms with E-state index in [1.165, 1.54) is 4.90 Å². The van der Waals surface area contributed by atoms with Crippen LogP contribution in [0.5, 0.6) is 0 Å². The number of likely N-dealkylation sites (tertiary alicyclic amines) is 1. The Morgan fingerprint density at radius 2 is 2.13 bits per heavy atom. The Morgan fingerprint density at radius 3 is 2.60 bits per heavy atom. The van der Waals surface area contributed by atoms with Crippen LogP contribution in [0, 0.1) is 6.92 Å². The number of aromatic nitrogens is 3. The van der Waals surface area contributed by atoms with Crippen LogP contribution < -0.4 is 0 Å². The van der Waals surface area contributed by atoms with E-state index in [1.807, 2.05) is 6.92 Å². The van der Waals surface area contributed by atoms with E-state index in [0.717, 1.165) is 24.2 Å². The number of rotatable bonds is 1. The largest absolute Gasteiger partial charge is 0.465 e. The third kappa shape index (κ3) is 1.93. The van der Waals surface area contributed by atoms with Gasteiger partial charge in [-0.1, -0.05) is 0 Å². The van der Waals surface area contributed by atoms with Gasteiger partial charge in [-0.3, -0.25) is 0 Å². The molecule has 1 aromatic heterocycles. The lowest BCUT2D eigenvalue weighted by Gasteiger charge is -2.29. The molecule has 0 saturated carbocycles. The van der Waals surface area contributed by atoms with E-state index in [4.69, 9.17) is 5.11 Å². The Hall–Kier alpha value is -1.59. The summed E-state index contributed by atoms with van der Waals surface area (Å²) in [7, 11) is 0. The normalized spacial score (nSPS) is 18.1. The molecule has 6 nitrogen and oxygen atoms in total. The summed E-state index contributed by atoms with van der Waals surface area (Å²) in [5, 5.41) is 19.5. The minimum Gasteiger partial charge on any atom is -0.465 e. The minimum absolute atomic E-state index is 0.347. The Balaban J connectivity index is 2.00. The molecule has 0 aliphatic carbocycles. The van der Waals surface area contributed by atoms with Gasteiger partial charge < -0.3 is 10.0 Å². The minimum atomic E-state index is -0.828. The Morgan fingerprint density at radius 1 is 1.47 bits per heavy atom. The number of nitrogens with one attached hydrogen (secondary N) is 1. The Kier molecular flexibility index (Phi) is 2.57. The maximum atomic E-state index is 10.7. The fraction of sp³-hybridized carbons (Fsp3) is 0.667. The van der Waals surface area contributed by atoms with E-state index in [1.54, 1.807) is 0 Å². The predicted molar refractivity (Wildman–Crippen MR) is 52.7 cm³/mol. The lowest BCUT2D eigenvalue weighted by atomic mass is 9.93. The zero-order chi connectivity index (χ0) is 10.8. The molecule has 1 aliphatic rings. The number of H-pyrrole nitrogens is 1. The third-order valence-corrected chi connectivity index (χ3v) is 2.91. The molecular weight excluding hydrogens is 196 g/mol.